The number of benzene rings is 1. The van der Waals surface area contributed by atoms with Crippen LogP contribution in [0.1, 0.15) is 12.0 Å². The molecular weight excluding hydrogens is 270 g/mol. The van der Waals surface area contributed by atoms with Crippen molar-refractivity contribution in [3.05, 3.63) is 29.8 Å². The van der Waals surface area contributed by atoms with Crippen LogP contribution in [0.3, 0.4) is 0 Å². The fraction of sp³-hybridized carbons (Fsp3) is 0.562. The van der Waals surface area contributed by atoms with Gasteiger partial charge in [-0.1, -0.05) is 17.7 Å². The monoisotopic (exact) mass is 293 g/mol. The van der Waals surface area contributed by atoms with Crippen LogP contribution >= 0.6 is 0 Å². The molecule has 1 heterocycles. The van der Waals surface area contributed by atoms with Crippen molar-refractivity contribution in [1.82, 2.24) is 4.90 Å². The highest BCUT2D eigenvalue weighted by Crippen LogP contribution is 2.26. The van der Waals surface area contributed by atoms with Crippen LogP contribution in [0.25, 0.3) is 0 Å². The molecule has 1 atom stereocenters. The maximum atomic E-state index is 11.9. The predicted octanol–water partition coefficient (Wildman–Crippen LogP) is 1.64. The molecule has 1 saturated heterocycles. The number of rotatable bonds is 6. The molecule has 0 N–H and O–H groups in total. The van der Waals surface area contributed by atoms with Gasteiger partial charge in [0.2, 0.25) is 5.91 Å². The van der Waals surface area contributed by atoms with Gasteiger partial charge in [0.25, 0.3) is 0 Å². The standard InChI is InChI=1S/C16H23NO4/c1-13-4-6-14(7-5-13)21-12-16(20-3)8-9-17(11-16)15(18)10-19-2/h4-7H,8-12H2,1-3H3. The van der Waals surface area contributed by atoms with Crippen LogP contribution < -0.4 is 4.74 Å². The Morgan fingerprint density at radius 1 is 1.29 bits per heavy atom. The van der Waals surface area contributed by atoms with Gasteiger partial charge in [0.1, 0.15) is 24.6 Å². The van der Waals surface area contributed by atoms with E-state index in [0.29, 0.717) is 19.7 Å². The Labute approximate surface area is 125 Å². The number of carbonyl (C=O) groups excluding carboxylic acids is 1. The third-order valence-corrected chi connectivity index (χ3v) is 3.89. The van der Waals surface area contributed by atoms with Crippen LogP contribution in [0, 0.1) is 6.92 Å². The maximum Gasteiger partial charge on any atom is 0.248 e. The van der Waals surface area contributed by atoms with Gasteiger partial charge in [0, 0.05) is 20.8 Å². The van der Waals surface area contributed by atoms with Gasteiger partial charge in [0.15, 0.2) is 0 Å². The van der Waals surface area contributed by atoms with Crippen LogP contribution in [0.2, 0.25) is 0 Å². The molecule has 5 nitrogen and oxygen atoms in total. The van der Waals surface area contributed by atoms with E-state index in [1.807, 2.05) is 31.2 Å². The zero-order chi connectivity index (χ0) is 15.3. The lowest BCUT2D eigenvalue weighted by Gasteiger charge is -2.27. The largest absolute Gasteiger partial charge is 0.491 e. The fourth-order valence-corrected chi connectivity index (χ4v) is 2.47. The number of aryl methyl sites for hydroxylation is 1. The summed E-state index contributed by atoms with van der Waals surface area (Å²) in [6.07, 6.45) is 0.769. The fourth-order valence-electron chi connectivity index (χ4n) is 2.47. The van der Waals surface area contributed by atoms with Crippen LogP contribution in [0.5, 0.6) is 5.75 Å². The number of likely N-dealkylation sites (tertiary alicyclic amines) is 1. The van der Waals surface area contributed by atoms with Crippen molar-refractivity contribution in [3.63, 3.8) is 0 Å². The van der Waals surface area contributed by atoms with Crippen molar-refractivity contribution in [2.45, 2.75) is 18.9 Å². The number of nitrogens with zero attached hydrogens (tertiary/aromatic N) is 1. The summed E-state index contributed by atoms with van der Waals surface area (Å²) in [6, 6.07) is 7.92. The lowest BCUT2D eigenvalue weighted by Crippen LogP contribution is -2.43. The first-order valence-corrected chi connectivity index (χ1v) is 7.10. The molecule has 1 aliphatic heterocycles. The molecule has 21 heavy (non-hydrogen) atoms. The number of hydrogen-bond acceptors (Lipinski definition) is 4. The quantitative estimate of drug-likeness (QED) is 0.800. The Balaban J connectivity index is 1.93. The van der Waals surface area contributed by atoms with E-state index in [1.54, 1.807) is 12.0 Å². The molecule has 0 radical (unpaired) electrons. The van der Waals surface area contributed by atoms with Crippen molar-refractivity contribution in [2.75, 3.05) is 40.5 Å². The molecule has 1 amide bonds. The Morgan fingerprint density at radius 3 is 2.62 bits per heavy atom. The minimum absolute atomic E-state index is 0.00763. The summed E-state index contributed by atoms with van der Waals surface area (Å²) in [4.78, 5) is 13.6. The molecule has 0 bridgehead atoms. The van der Waals surface area contributed by atoms with Crippen LogP contribution in [-0.2, 0) is 14.3 Å². The number of hydrogen-bond donors (Lipinski definition) is 0. The van der Waals surface area contributed by atoms with Crippen LogP contribution in [-0.4, -0.2) is 56.9 Å². The molecule has 0 aromatic heterocycles. The van der Waals surface area contributed by atoms with E-state index in [-0.39, 0.29) is 12.5 Å². The van der Waals surface area contributed by atoms with E-state index in [9.17, 15) is 4.79 Å². The minimum atomic E-state index is -0.436. The molecule has 1 aromatic carbocycles. The third kappa shape index (κ3) is 3.95. The van der Waals surface area contributed by atoms with E-state index in [4.69, 9.17) is 14.2 Å². The number of amides is 1. The van der Waals surface area contributed by atoms with Gasteiger partial charge in [0.05, 0.1) is 6.54 Å². The third-order valence-electron chi connectivity index (χ3n) is 3.89. The lowest BCUT2D eigenvalue weighted by atomic mass is 10.0. The molecule has 0 aliphatic carbocycles. The summed E-state index contributed by atoms with van der Waals surface area (Å²) in [6.45, 7) is 3.80. The zero-order valence-electron chi connectivity index (χ0n) is 12.9. The van der Waals surface area contributed by atoms with Gasteiger partial charge in [-0.2, -0.15) is 0 Å². The molecule has 1 fully saturated rings. The van der Waals surface area contributed by atoms with E-state index in [0.717, 1.165) is 12.2 Å². The van der Waals surface area contributed by atoms with Crippen molar-refractivity contribution in [3.8, 4) is 5.75 Å². The van der Waals surface area contributed by atoms with Gasteiger partial charge in [-0.05, 0) is 25.5 Å². The molecule has 5 heteroatoms. The van der Waals surface area contributed by atoms with Gasteiger partial charge >= 0.3 is 0 Å². The number of carbonyl (C=O) groups is 1. The first-order valence-electron chi connectivity index (χ1n) is 7.10. The van der Waals surface area contributed by atoms with Crippen LogP contribution in [0.15, 0.2) is 24.3 Å². The van der Waals surface area contributed by atoms with Gasteiger partial charge < -0.3 is 19.1 Å². The molecule has 116 valence electrons. The summed E-state index contributed by atoms with van der Waals surface area (Å²) in [5.41, 5.74) is 0.759. The first-order chi connectivity index (χ1) is 10.1. The second-order valence-electron chi connectivity index (χ2n) is 5.49. The molecule has 0 spiro atoms. The smallest absolute Gasteiger partial charge is 0.248 e. The van der Waals surface area contributed by atoms with Crippen molar-refractivity contribution in [1.29, 1.82) is 0 Å². The van der Waals surface area contributed by atoms with Gasteiger partial charge in [-0.25, -0.2) is 0 Å². The minimum Gasteiger partial charge on any atom is -0.491 e. The second kappa shape index (κ2) is 6.91. The molecule has 2 rings (SSSR count). The predicted molar refractivity (Wildman–Crippen MR) is 79.5 cm³/mol. The SMILES string of the molecule is COCC(=O)N1CCC(COc2ccc(C)cc2)(OC)C1. The number of ether oxygens (including phenoxy) is 3. The average Bonchev–Trinajstić information content (AvgIpc) is 2.92. The van der Waals surface area contributed by atoms with E-state index >= 15 is 0 Å². The topological polar surface area (TPSA) is 48.0 Å². The molecule has 1 aliphatic rings. The van der Waals surface area contributed by atoms with Crippen molar-refractivity contribution < 1.29 is 19.0 Å². The Morgan fingerprint density at radius 2 is 2.00 bits per heavy atom. The summed E-state index contributed by atoms with van der Waals surface area (Å²) in [7, 11) is 3.20. The molecular formula is C16H23NO4. The maximum absolute atomic E-state index is 11.9. The summed E-state index contributed by atoms with van der Waals surface area (Å²) >= 11 is 0. The van der Waals surface area contributed by atoms with Crippen molar-refractivity contribution >= 4 is 5.91 Å². The lowest BCUT2D eigenvalue weighted by molar-refractivity contribution is -0.135. The van der Waals surface area contributed by atoms with Crippen molar-refractivity contribution in [2.24, 2.45) is 0 Å². The van der Waals surface area contributed by atoms with E-state index in [2.05, 4.69) is 0 Å². The highest BCUT2D eigenvalue weighted by atomic mass is 16.5. The average molecular weight is 293 g/mol. The normalized spacial score (nSPS) is 21.6. The van der Waals surface area contributed by atoms with E-state index in [1.165, 1.54) is 12.7 Å². The van der Waals surface area contributed by atoms with Crippen LogP contribution in [0.4, 0.5) is 0 Å². The van der Waals surface area contributed by atoms with E-state index < -0.39 is 5.60 Å². The Hall–Kier alpha value is -1.59. The zero-order valence-corrected chi connectivity index (χ0v) is 12.9. The molecule has 0 saturated carbocycles. The Bertz CT molecular complexity index is 474. The summed E-state index contributed by atoms with van der Waals surface area (Å²) < 4.78 is 16.4. The first kappa shape index (κ1) is 15.8. The highest BCUT2D eigenvalue weighted by molar-refractivity contribution is 5.77. The van der Waals surface area contributed by atoms with Gasteiger partial charge in [-0.3, -0.25) is 4.79 Å². The highest BCUT2D eigenvalue weighted by Gasteiger charge is 2.41. The summed E-state index contributed by atoms with van der Waals surface area (Å²) in [5, 5.41) is 0. The second-order valence-corrected chi connectivity index (χ2v) is 5.49. The molecule has 1 aromatic rings. The summed E-state index contributed by atoms with van der Waals surface area (Å²) in [5.74, 6) is 0.811. The number of methoxy groups -OCH3 is 2. The Kier molecular flexibility index (Phi) is 5.20. The van der Waals surface area contributed by atoms with Gasteiger partial charge in [-0.15, -0.1) is 0 Å². The molecule has 1 unspecified atom stereocenters.